The molecule has 0 spiro atoms. The first-order valence-corrected chi connectivity index (χ1v) is 9.23. The number of halogens is 1. The van der Waals surface area contributed by atoms with Gasteiger partial charge >= 0.3 is 0 Å². The molecule has 0 heterocycles. The van der Waals surface area contributed by atoms with E-state index in [0.717, 1.165) is 24.9 Å². The van der Waals surface area contributed by atoms with Crippen molar-refractivity contribution in [1.82, 2.24) is 9.62 Å². The fourth-order valence-electron chi connectivity index (χ4n) is 1.87. The van der Waals surface area contributed by atoms with Gasteiger partial charge in [0.15, 0.2) is 0 Å². The number of allylic oxidation sites excluding steroid dienone is 1. The predicted octanol–water partition coefficient (Wildman–Crippen LogP) is 3.15. The van der Waals surface area contributed by atoms with Gasteiger partial charge in [0.1, 0.15) is 0 Å². The lowest BCUT2D eigenvalue weighted by atomic mass is 10.2. The molecule has 0 aliphatic rings. The largest absolute Gasteiger partial charge is 0.313 e. The highest BCUT2D eigenvalue weighted by Gasteiger charge is 2.23. The Labute approximate surface area is 136 Å². The molecule has 0 aliphatic heterocycles. The van der Waals surface area contributed by atoms with E-state index in [1.165, 1.54) is 4.31 Å². The van der Waals surface area contributed by atoms with Gasteiger partial charge in [0.05, 0.1) is 4.90 Å². The molecule has 21 heavy (non-hydrogen) atoms. The molecular weight excluding hydrogens is 352 g/mol. The molecule has 0 radical (unpaired) electrons. The fourth-order valence-corrected chi connectivity index (χ4v) is 4.05. The van der Waals surface area contributed by atoms with E-state index in [-0.39, 0.29) is 0 Å². The first-order valence-electron chi connectivity index (χ1n) is 6.99. The number of nitrogens with one attached hydrogen (secondary N) is 1. The average molecular weight is 375 g/mol. The third-order valence-corrected chi connectivity index (χ3v) is 5.99. The Morgan fingerprint density at radius 3 is 2.76 bits per heavy atom. The van der Waals surface area contributed by atoms with Gasteiger partial charge in [-0.05, 0) is 53.0 Å². The van der Waals surface area contributed by atoms with E-state index in [9.17, 15) is 8.42 Å². The zero-order chi connectivity index (χ0) is 15.9. The van der Waals surface area contributed by atoms with Gasteiger partial charge < -0.3 is 5.32 Å². The monoisotopic (exact) mass is 374 g/mol. The van der Waals surface area contributed by atoms with Gasteiger partial charge in [-0.15, -0.1) is 6.58 Å². The van der Waals surface area contributed by atoms with Crippen LogP contribution in [0.3, 0.4) is 0 Å². The van der Waals surface area contributed by atoms with Gasteiger partial charge in [-0.2, -0.15) is 0 Å². The van der Waals surface area contributed by atoms with E-state index in [1.54, 1.807) is 25.3 Å². The second-order valence-corrected chi connectivity index (χ2v) is 7.67. The minimum atomic E-state index is -3.47. The maximum Gasteiger partial charge on any atom is 0.243 e. The molecule has 118 valence electrons. The standard InChI is InChI=1S/C15H23BrN2O2S/c1-4-6-7-10-18(3)21(19,20)15-11-13(12-17-5-2)8-9-14(15)16/h4,8-9,11,17H,1,5-7,10,12H2,2-3H3. The number of hydrogen-bond donors (Lipinski definition) is 1. The molecular formula is C15H23BrN2O2S. The van der Waals surface area contributed by atoms with Crippen molar-refractivity contribution in [3.8, 4) is 0 Å². The summed E-state index contributed by atoms with van der Waals surface area (Å²) in [6, 6.07) is 5.44. The highest BCUT2D eigenvalue weighted by atomic mass is 79.9. The molecule has 1 N–H and O–H groups in total. The molecule has 0 unspecified atom stereocenters. The van der Waals surface area contributed by atoms with Crippen molar-refractivity contribution in [3.05, 3.63) is 40.9 Å². The van der Waals surface area contributed by atoms with Gasteiger partial charge in [-0.25, -0.2) is 12.7 Å². The average Bonchev–Trinajstić information content (AvgIpc) is 2.46. The molecule has 0 saturated heterocycles. The summed E-state index contributed by atoms with van der Waals surface area (Å²) in [6.07, 6.45) is 3.38. The lowest BCUT2D eigenvalue weighted by Gasteiger charge is -2.18. The van der Waals surface area contributed by atoms with Gasteiger partial charge in [-0.1, -0.05) is 19.1 Å². The van der Waals surface area contributed by atoms with Crippen LogP contribution in [-0.2, 0) is 16.6 Å². The van der Waals surface area contributed by atoms with Crippen molar-refractivity contribution >= 4 is 26.0 Å². The van der Waals surface area contributed by atoms with Crippen LogP contribution in [0.1, 0.15) is 25.3 Å². The highest BCUT2D eigenvalue weighted by Crippen LogP contribution is 2.26. The third-order valence-electron chi connectivity index (χ3n) is 3.14. The summed E-state index contributed by atoms with van der Waals surface area (Å²) < 4.78 is 27.2. The van der Waals surface area contributed by atoms with Crippen molar-refractivity contribution in [3.63, 3.8) is 0 Å². The molecule has 0 saturated carbocycles. The summed E-state index contributed by atoms with van der Waals surface area (Å²) in [5, 5.41) is 3.20. The summed E-state index contributed by atoms with van der Waals surface area (Å²) in [5.74, 6) is 0. The van der Waals surface area contributed by atoms with Crippen molar-refractivity contribution in [2.24, 2.45) is 0 Å². The molecule has 0 atom stereocenters. The number of benzene rings is 1. The van der Waals surface area contributed by atoms with Crippen molar-refractivity contribution in [2.45, 2.75) is 31.2 Å². The zero-order valence-corrected chi connectivity index (χ0v) is 15.0. The van der Waals surface area contributed by atoms with E-state index in [1.807, 2.05) is 13.0 Å². The number of rotatable bonds is 9. The molecule has 4 nitrogen and oxygen atoms in total. The lowest BCUT2D eigenvalue weighted by Crippen LogP contribution is -2.28. The Morgan fingerprint density at radius 1 is 1.43 bits per heavy atom. The summed E-state index contributed by atoms with van der Waals surface area (Å²) in [4.78, 5) is 0.319. The van der Waals surface area contributed by atoms with E-state index in [2.05, 4.69) is 27.8 Å². The summed E-state index contributed by atoms with van der Waals surface area (Å²) in [7, 11) is -1.86. The molecule has 1 rings (SSSR count). The summed E-state index contributed by atoms with van der Waals surface area (Å²) >= 11 is 3.34. The van der Waals surface area contributed by atoms with E-state index >= 15 is 0 Å². The highest BCUT2D eigenvalue weighted by molar-refractivity contribution is 9.10. The van der Waals surface area contributed by atoms with Crippen LogP contribution in [0, 0.1) is 0 Å². The second kappa shape index (κ2) is 8.68. The molecule has 0 amide bonds. The maximum absolute atomic E-state index is 12.6. The van der Waals surface area contributed by atoms with E-state index < -0.39 is 10.0 Å². The first kappa shape index (κ1) is 18.4. The van der Waals surface area contributed by atoms with Crippen molar-refractivity contribution < 1.29 is 8.42 Å². The SMILES string of the molecule is C=CCCCN(C)S(=O)(=O)c1cc(CNCC)ccc1Br. The lowest BCUT2D eigenvalue weighted by molar-refractivity contribution is 0.462. The number of unbranched alkanes of at least 4 members (excludes halogenated alkanes) is 1. The van der Waals surface area contributed by atoms with Crippen LogP contribution in [0.4, 0.5) is 0 Å². The van der Waals surface area contributed by atoms with Crippen LogP contribution < -0.4 is 5.32 Å². The normalized spacial score (nSPS) is 11.8. The topological polar surface area (TPSA) is 49.4 Å². The van der Waals surface area contributed by atoms with Gasteiger partial charge in [0.25, 0.3) is 0 Å². The molecule has 1 aromatic carbocycles. The van der Waals surface area contributed by atoms with Gasteiger partial charge in [-0.3, -0.25) is 0 Å². The van der Waals surface area contributed by atoms with Crippen molar-refractivity contribution in [1.29, 1.82) is 0 Å². The molecule has 0 aromatic heterocycles. The fraction of sp³-hybridized carbons (Fsp3) is 0.467. The Morgan fingerprint density at radius 2 is 2.14 bits per heavy atom. The van der Waals surface area contributed by atoms with Crippen LogP contribution in [0.5, 0.6) is 0 Å². The second-order valence-electron chi connectivity index (χ2n) is 4.80. The zero-order valence-electron chi connectivity index (χ0n) is 12.6. The van der Waals surface area contributed by atoms with Crippen LogP contribution in [-0.4, -0.2) is 32.9 Å². The van der Waals surface area contributed by atoms with Crippen LogP contribution in [0.25, 0.3) is 0 Å². The summed E-state index contributed by atoms with van der Waals surface area (Å²) in [6.45, 7) is 7.66. The first-order chi connectivity index (χ1) is 9.93. The molecule has 1 aromatic rings. The van der Waals surface area contributed by atoms with Gasteiger partial charge in [0, 0.05) is 24.6 Å². The quantitative estimate of drug-likeness (QED) is 0.533. The van der Waals surface area contributed by atoms with Crippen molar-refractivity contribution in [2.75, 3.05) is 20.1 Å². The number of hydrogen-bond acceptors (Lipinski definition) is 3. The van der Waals surface area contributed by atoms with E-state index in [4.69, 9.17) is 0 Å². The minimum absolute atomic E-state index is 0.319. The Balaban J connectivity index is 2.97. The maximum atomic E-state index is 12.6. The molecule has 6 heteroatoms. The van der Waals surface area contributed by atoms with Crippen LogP contribution >= 0.6 is 15.9 Å². The predicted molar refractivity (Wildman–Crippen MR) is 90.8 cm³/mol. The van der Waals surface area contributed by atoms with Crippen LogP contribution in [0.15, 0.2) is 40.2 Å². The molecule has 0 aliphatic carbocycles. The smallest absolute Gasteiger partial charge is 0.243 e. The van der Waals surface area contributed by atoms with Crippen LogP contribution in [0.2, 0.25) is 0 Å². The number of nitrogens with zero attached hydrogens (tertiary/aromatic N) is 1. The van der Waals surface area contributed by atoms with E-state index in [0.29, 0.717) is 22.5 Å². The molecule has 0 fully saturated rings. The Bertz CT molecular complexity index is 573. The Hall–Kier alpha value is -0.690. The van der Waals surface area contributed by atoms with Gasteiger partial charge in [0.2, 0.25) is 10.0 Å². The number of sulfonamides is 1. The Kier molecular flexibility index (Phi) is 7.59. The summed E-state index contributed by atoms with van der Waals surface area (Å²) in [5.41, 5.74) is 0.957. The minimum Gasteiger partial charge on any atom is -0.313 e. The third kappa shape index (κ3) is 5.21. The molecule has 0 bridgehead atoms.